The molecule has 0 saturated carbocycles. The third kappa shape index (κ3) is 4.90. The van der Waals surface area contributed by atoms with Crippen molar-refractivity contribution in [1.82, 2.24) is 10.0 Å². The number of sulfonamides is 2. The summed E-state index contributed by atoms with van der Waals surface area (Å²) in [5.41, 5.74) is 0. The van der Waals surface area contributed by atoms with Gasteiger partial charge >= 0.3 is 0 Å². The predicted molar refractivity (Wildman–Crippen MR) is 81.3 cm³/mol. The molecule has 21 heavy (non-hydrogen) atoms. The van der Waals surface area contributed by atoms with Crippen LogP contribution in [0.5, 0.6) is 0 Å². The number of nitrogens with one attached hydrogen (secondary N) is 2. The van der Waals surface area contributed by atoms with Crippen LogP contribution in [0.2, 0.25) is 0 Å². The minimum atomic E-state index is -3.92. The third-order valence-corrected chi connectivity index (χ3v) is 5.49. The first-order valence-corrected chi connectivity index (χ1v) is 9.18. The van der Waals surface area contributed by atoms with Crippen LogP contribution in [0.25, 0.3) is 0 Å². The molecule has 0 radical (unpaired) electrons. The fourth-order valence-corrected chi connectivity index (χ4v) is 4.01. The van der Waals surface area contributed by atoms with Gasteiger partial charge in [-0.05, 0) is 37.6 Å². The van der Waals surface area contributed by atoms with Gasteiger partial charge in [-0.25, -0.2) is 26.7 Å². The van der Waals surface area contributed by atoms with Crippen LogP contribution < -0.4 is 15.2 Å². The molecule has 1 aromatic rings. The summed E-state index contributed by atoms with van der Waals surface area (Å²) in [4.78, 5) is -0.322. The second-order valence-corrected chi connectivity index (χ2v) is 7.96. The van der Waals surface area contributed by atoms with Crippen molar-refractivity contribution >= 4 is 32.5 Å². The van der Waals surface area contributed by atoms with Gasteiger partial charge in [0.05, 0.1) is 9.79 Å². The highest BCUT2D eigenvalue weighted by Crippen LogP contribution is 2.16. The van der Waals surface area contributed by atoms with E-state index in [9.17, 15) is 16.8 Å². The van der Waals surface area contributed by atoms with E-state index in [-0.39, 0.29) is 28.2 Å². The zero-order chi connectivity index (χ0) is 14.8. The lowest BCUT2D eigenvalue weighted by Gasteiger charge is -2.23. The second-order valence-electron chi connectivity index (χ2n) is 4.68. The van der Waals surface area contributed by atoms with E-state index in [0.717, 1.165) is 25.5 Å². The molecule has 0 spiro atoms. The van der Waals surface area contributed by atoms with Crippen molar-refractivity contribution in [2.24, 2.45) is 5.14 Å². The molecule has 7 nitrogen and oxygen atoms in total. The lowest BCUT2D eigenvalue weighted by Crippen LogP contribution is -2.45. The van der Waals surface area contributed by atoms with Crippen molar-refractivity contribution in [3.63, 3.8) is 0 Å². The van der Waals surface area contributed by atoms with E-state index in [1.54, 1.807) is 0 Å². The second kappa shape index (κ2) is 7.03. The highest BCUT2D eigenvalue weighted by molar-refractivity contribution is 7.90. The van der Waals surface area contributed by atoms with Crippen molar-refractivity contribution in [2.75, 3.05) is 13.1 Å². The standard InChI is InChI=1S/C11H17N3O4S2.ClH/c12-19(15,16)10-4-1-5-11(7-10)20(17,18)14-9-3-2-6-13-8-9;/h1,4-5,7,9,13-14H,2-3,6,8H2,(H2,12,15,16);1H/t9-;/m0./s1. The summed E-state index contributed by atoms with van der Waals surface area (Å²) in [6.07, 6.45) is 1.64. The maximum atomic E-state index is 12.2. The molecule has 0 aliphatic carbocycles. The van der Waals surface area contributed by atoms with Gasteiger partial charge in [0.1, 0.15) is 0 Å². The van der Waals surface area contributed by atoms with E-state index < -0.39 is 20.0 Å². The highest BCUT2D eigenvalue weighted by Gasteiger charge is 2.22. The van der Waals surface area contributed by atoms with E-state index >= 15 is 0 Å². The van der Waals surface area contributed by atoms with Gasteiger partial charge in [0, 0.05) is 12.6 Å². The Hall–Kier alpha value is -0.710. The fraction of sp³-hybridized carbons (Fsp3) is 0.455. The molecular formula is C11H18ClN3O4S2. The summed E-state index contributed by atoms with van der Waals surface area (Å²) in [6.45, 7) is 1.44. The maximum Gasteiger partial charge on any atom is 0.240 e. The summed E-state index contributed by atoms with van der Waals surface area (Å²) >= 11 is 0. The van der Waals surface area contributed by atoms with E-state index in [1.165, 1.54) is 18.2 Å². The van der Waals surface area contributed by atoms with Crippen LogP contribution in [0, 0.1) is 0 Å². The van der Waals surface area contributed by atoms with E-state index in [1.807, 2.05) is 0 Å². The molecule has 0 unspecified atom stereocenters. The average molecular weight is 356 g/mol. The van der Waals surface area contributed by atoms with Gasteiger partial charge in [0.15, 0.2) is 0 Å². The van der Waals surface area contributed by atoms with Crippen molar-refractivity contribution in [1.29, 1.82) is 0 Å². The summed E-state index contributed by atoms with van der Waals surface area (Å²) in [6, 6.07) is 4.83. The fourth-order valence-electron chi connectivity index (χ4n) is 2.06. The highest BCUT2D eigenvalue weighted by atomic mass is 35.5. The third-order valence-electron chi connectivity index (χ3n) is 3.06. The average Bonchev–Trinajstić information content (AvgIpc) is 2.38. The van der Waals surface area contributed by atoms with Crippen LogP contribution in [0.15, 0.2) is 34.1 Å². The van der Waals surface area contributed by atoms with Crippen molar-refractivity contribution in [3.8, 4) is 0 Å². The first-order chi connectivity index (χ1) is 9.29. The number of primary sulfonamides is 1. The first-order valence-electron chi connectivity index (χ1n) is 6.15. The summed E-state index contributed by atoms with van der Waals surface area (Å²) in [5.74, 6) is 0. The number of rotatable bonds is 4. The summed E-state index contributed by atoms with van der Waals surface area (Å²) < 4.78 is 49.5. The molecule has 0 amide bonds. The predicted octanol–water partition coefficient (Wildman–Crippen LogP) is -0.214. The number of hydrogen-bond acceptors (Lipinski definition) is 5. The zero-order valence-corrected chi connectivity index (χ0v) is 13.6. The van der Waals surface area contributed by atoms with E-state index in [2.05, 4.69) is 10.0 Å². The molecule has 0 bridgehead atoms. The minimum Gasteiger partial charge on any atom is -0.315 e. The molecule has 10 heteroatoms. The molecule has 2 rings (SSSR count). The number of hydrogen-bond donors (Lipinski definition) is 3. The van der Waals surface area contributed by atoms with Crippen LogP contribution in [0.4, 0.5) is 0 Å². The Morgan fingerprint density at radius 3 is 2.43 bits per heavy atom. The lowest BCUT2D eigenvalue weighted by atomic mass is 10.1. The normalized spacial score (nSPS) is 19.8. The molecule has 1 fully saturated rings. The number of halogens is 1. The molecule has 120 valence electrons. The molecular weight excluding hydrogens is 338 g/mol. The molecule has 1 saturated heterocycles. The molecule has 1 atom stereocenters. The van der Waals surface area contributed by atoms with Gasteiger partial charge < -0.3 is 5.32 Å². The molecule has 1 aliphatic rings. The first kappa shape index (κ1) is 18.3. The Morgan fingerprint density at radius 2 is 1.86 bits per heavy atom. The Labute approximate surface area is 130 Å². The largest absolute Gasteiger partial charge is 0.315 e. The van der Waals surface area contributed by atoms with Crippen molar-refractivity contribution in [3.05, 3.63) is 24.3 Å². The number of piperidine rings is 1. The Bertz CT molecular complexity index is 685. The quantitative estimate of drug-likeness (QED) is 0.690. The lowest BCUT2D eigenvalue weighted by molar-refractivity contribution is 0.428. The van der Waals surface area contributed by atoms with Gasteiger partial charge in [-0.2, -0.15) is 0 Å². The van der Waals surface area contributed by atoms with E-state index in [4.69, 9.17) is 5.14 Å². The van der Waals surface area contributed by atoms with Gasteiger partial charge in [-0.15, -0.1) is 12.4 Å². The van der Waals surface area contributed by atoms with Crippen LogP contribution in [-0.2, 0) is 20.0 Å². The van der Waals surface area contributed by atoms with Crippen LogP contribution in [0.1, 0.15) is 12.8 Å². The minimum absolute atomic E-state index is 0. The maximum absolute atomic E-state index is 12.2. The van der Waals surface area contributed by atoms with Crippen LogP contribution in [0.3, 0.4) is 0 Å². The van der Waals surface area contributed by atoms with Crippen molar-refractivity contribution < 1.29 is 16.8 Å². The Kier molecular flexibility index (Phi) is 6.14. The zero-order valence-electron chi connectivity index (χ0n) is 11.2. The molecule has 0 aromatic heterocycles. The topological polar surface area (TPSA) is 118 Å². The van der Waals surface area contributed by atoms with E-state index in [0.29, 0.717) is 6.54 Å². The molecule has 1 aliphatic heterocycles. The van der Waals surface area contributed by atoms with Crippen LogP contribution in [-0.4, -0.2) is 36.0 Å². The number of nitrogens with two attached hydrogens (primary N) is 1. The number of benzene rings is 1. The Balaban J connectivity index is 0.00000220. The van der Waals surface area contributed by atoms with Gasteiger partial charge in [0.25, 0.3) is 0 Å². The Morgan fingerprint density at radius 1 is 1.19 bits per heavy atom. The van der Waals surface area contributed by atoms with Gasteiger partial charge in [-0.1, -0.05) is 6.07 Å². The van der Waals surface area contributed by atoms with Gasteiger partial charge in [-0.3, -0.25) is 0 Å². The smallest absolute Gasteiger partial charge is 0.240 e. The monoisotopic (exact) mass is 355 g/mol. The molecule has 4 N–H and O–H groups in total. The van der Waals surface area contributed by atoms with Gasteiger partial charge in [0.2, 0.25) is 20.0 Å². The molecule has 1 heterocycles. The summed E-state index contributed by atoms with van der Waals surface area (Å²) in [5, 5.41) is 8.10. The summed E-state index contributed by atoms with van der Waals surface area (Å²) in [7, 11) is -7.68. The molecule has 1 aromatic carbocycles. The van der Waals surface area contributed by atoms with Crippen LogP contribution >= 0.6 is 12.4 Å². The SMILES string of the molecule is Cl.NS(=O)(=O)c1cccc(S(=O)(=O)N[C@H]2CCCNC2)c1. The van der Waals surface area contributed by atoms with Crippen molar-refractivity contribution in [2.45, 2.75) is 28.7 Å².